The third kappa shape index (κ3) is 5.63. The van der Waals surface area contributed by atoms with E-state index in [0.29, 0.717) is 12.1 Å². The van der Waals surface area contributed by atoms with Crippen LogP contribution in [0.1, 0.15) is 58.2 Å². The highest BCUT2D eigenvalue weighted by molar-refractivity contribution is 5.02. The van der Waals surface area contributed by atoms with Crippen molar-refractivity contribution in [2.24, 2.45) is 0 Å². The molecule has 0 aliphatic heterocycles. The van der Waals surface area contributed by atoms with Crippen LogP contribution in [-0.2, 0) is 11.2 Å². The lowest BCUT2D eigenvalue weighted by molar-refractivity contribution is 0.125. The largest absolute Gasteiger partial charge is 0.381 e. The van der Waals surface area contributed by atoms with E-state index in [-0.39, 0.29) is 0 Å². The third-order valence-corrected chi connectivity index (χ3v) is 3.80. The van der Waals surface area contributed by atoms with E-state index in [0.717, 1.165) is 45.3 Å². The van der Waals surface area contributed by atoms with Gasteiger partial charge in [-0.15, -0.1) is 0 Å². The lowest BCUT2D eigenvalue weighted by atomic mass is 10.1. The van der Waals surface area contributed by atoms with Gasteiger partial charge in [-0.25, -0.2) is 0 Å². The molecule has 1 rings (SSSR count). The van der Waals surface area contributed by atoms with Gasteiger partial charge in [-0.1, -0.05) is 20.8 Å². The summed E-state index contributed by atoms with van der Waals surface area (Å²) >= 11 is 0. The lowest BCUT2D eigenvalue weighted by Crippen LogP contribution is -2.29. The smallest absolute Gasteiger partial charge is 0.0640 e. The normalized spacial score (nSPS) is 13.1. The van der Waals surface area contributed by atoms with E-state index < -0.39 is 0 Å². The van der Waals surface area contributed by atoms with Gasteiger partial charge in [0.1, 0.15) is 0 Å². The van der Waals surface area contributed by atoms with Crippen molar-refractivity contribution in [2.45, 2.75) is 65.0 Å². The average Bonchev–Trinajstić information content (AvgIpc) is 2.92. The van der Waals surface area contributed by atoms with Crippen LogP contribution in [0.15, 0.2) is 12.3 Å². The van der Waals surface area contributed by atoms with Crippen molar-refractivity contribution in [3.63, 3.8) is 0 Å². The molecule has 4 heteroatoms. The molecule has 0 saturated heterocycles. The van der Waals surface area contributed by atoms with Gasteiger partial charge in [-0.05, 0) is 38.8 Å². The summed E-state index contributed by atoms with van der Waals surface area (Å²) in [4.78, 5) is 0. The van der Waals surface area contributed by atoms with E-state index in [2.05, 4.69) is 43.0 Å². The van der Waals surface area contributed by atoms with Crippen molar-refractivity contribution in [1.82, 2.24) is 15.1 Å². The summed E-state index contributed by atoms with van der Waals surface area (Å²) < 4.78 is 7.69. The molecule has 1 aromatic heterocycles. The molecule has 1 unspecified atom stereocenters. The van der Waals surface area contributed by atoms with Crippen LogP contribution in [0.2, 0.25) is 0 Å². The number of rotatable bonds is 11. The molecule has 0 aliphatic rings. The number of likely N-dealkylation sites (N-methyl/N-ethyl adjacent to an activating group) is 1. The zero-order valence-electron chi connectivity index (χ0n) is 13.6. The highest BCUT2D eigenvalue weighted by Crippen LogP contribution is 2.15. The molecule has 0 bridgehead atoms. The fourth-order valence-corrected chi connectivity index (χ4v) is 2.43. The Morgan fingerprint density at radius 2 is 2.00 bits per heavy atom. The Bertz CT molecular complexity index is 347. The molecular formula is C16H31N3O. The zero-order valence-corrected chi connectivity index (χ0v) is 13.6. The fourth-order valence-electron chi connectivity index (χ4n) is 2.43. The van der Waals surface area contributed by atoms with Gasteiger partial charge in [-0.3, -0.25) is 4.68 Å². The van der Waals surface area contributed by atoms with E-state index >= 15 is 0 Å². The summed E-state index contributed by atoms with van der Waals surface area (Å²) in [5.41, 5.74) is 1.17. The monoisotopic (exact) mass is 281 g/mol. The molecule has 1 atom stereocenters. The van der Waals surface area contributed by atoms with Gasteiger partial charge in [0, 0.05) is 31.9 Å². The molecule has 1 heterocycles. The van der Waals surface area contributed by atoms with Crippen molar-refractivity contribution in [3.05, 3.63) is 18.0 Å². The van der Waals surface area contributed by atoms with Crippen molar-refractivity contribution >= 4 is 0 Å². The van der Waals surface area contributed by atoms with Crippen LogP contribution in [0.4, 0.5) is 0 Å². The molecule has 116 valence electrons. The lowest BCUT2D eigenvalue weighted by Gasteiger charge is -2.15. The van der Waals surface area contributed by atoms with E-state index in [1.807, 2.05) is 7.05 Å². The van der Waals surface area contributed by atoms with Crippen molar-refractivity contribution in [2.75, 3.05) is 20.3 Å². The number of aromatic nitrogens is 2. The standard InChI is InChI=1S/C16H31N3O/c1-5-11-20-12-9-14(17-4)13-15-8-10-19(18-15)16(6-2)7-3/h8,10,14,16-17H,5-7,9,11-13H2,1-4H3. The second-order valence-corrected chi connectivity index (χ2v) is 5.35. The molecular weight excluding hydrogens is 250 g/mol. The molecule has 0 amide bonds. The Labute approximate surface area is 123 Å². The maximum Gasteiger partial charge on any atom is 0.0640 e. The van der Waals surface area contributed by atoms with E-state index in [9.17, 15) is 0 Å². The maximum absolute atomic E-state index is 5.57. The Hall–Kier alpha value is -0.870. The molecule has 0 radical (unpaired) electrons. The molecule has 0 aromatic carbocycles. The van der Waals surface area contributed by atoms with E-state index in [1.54, 1.807) is 0 Å². The molecule has 0 saturated carbocycles. The Morgan fingerprint density at radius 1 is 1.25 bits per heavy atom. The predicted molar refractivity (Wildman–Crippen MR) is 84.1 cm³/mol. The van der Waals surface area contributed by atoms with Gasteiger partial charge in [0.2, 0.25) is 0 Å². The predicted octanol–water partition coefficient (Wildman–Crippen LogP) is 3.19. The highest BCUT2D eigenvalue weighted by atomic mass is 16.5. The van der Waals surface area contributed by atoms with Crippen LogP contribution in [0.3, 0.4) is 0 Å². The summed E-state index contributed by atoms with van der Waals surface area (Å²) in [6.45, 7) is 8.26. The average molecular weight is 281 g/mol. The second kappa shape index (κ2) is 9.94. The quantitative estimate of drug-likeness (QED) is 0.633. The summed E-state index contributed by atoms with van der Waals surface area (Å²) in [7, 11) is 2.02. The highest BCUT2D eigenvalue weighted by Gasteiger charge is 2.12. The minimum atomic E-state index is 0.442. The molecule has 0 spiro atoms. The number of hydrogen-bond acceptors (Lipinski definition) is 3. The first-order valence-electron chi connectivity index (χ1n) is 8.04. The number of ether oxygens (including phenoxy) is 1. The van der Waals surface area contributed by atoms with Crippen LogP contribution >= 0.6 is 0 Å². The first-order valence-corrected chi connectivity index (χ1v) is 8.04. The third-order valence-electron chi connectivity index (χ3n) is 3.80. The Morgan fingerprint density at radius 3 is 2.60 bits per heavy atom. The molecule has 0 fully saturated rings. The van der Waals surface area contributed by atoms with Gasteiger partial charge in [0.15, 0.2) is 0 Å². The van der Waals surface area contributed by atoms with E-state index in [1.165, 1.54) is 5.69 Å². The topological polar surface area (TPSA) is 39.1 Å². The van der Waals surface area contributed by atoms with Crippen LogP contribution in [0.5, 0.6) is 0 Å². The first-order chi connectivity index (χ1) is 9.74. The number of nitrogens with zero attached hydrogens (tertiary/aromatic N) is 2. The van der Waals surface area contributed by atoms with Crippen LogP contribution in [0.25, 0.3) is 0 Å². The van der Waals surface area contributed by atoms with Gasteiger partial charge in [0.25, 0.3) is 0 Å². The van der Waals surface area contributed by atoms with Crippen LogP contribution < -0.4 is 5.32 Å². The zero-order chi connectivity index (χ0) is 14.8. The second-order valence-electron chi connectivity index (χ2n) is 5.35. The molecule has 0 aliphatic carbocycles. The fraction of sp³-hybridized carbons (Fsp3) is 0.812. The van der Waals surface area contributed by atoms with Crippen molar-refractivity contribution in [3.8, 4) is 0 Å². The Kier molecular flexibility index (Phi) is 8.54. The SMILES string of the molecule is CCCOCCC(Cc1ccn(C(CC)CC)n1)NC. The first kappa shape index (κ1) is 17.2. The van der Waals surface area contributed by atoms with Gasteiger partial charge in [0.05, 0.1) is 11.7 Å². The summed E-state index contributed by atoms with van der Waals surface area (Å²) in [6.07, 6.45) is 7.49. The number of nitrogens with one attached hydrogen (secondary N) is 1. The molecule has 20 heavy (non-hydrogen) atoms. The number of hydrogen-bond donors (Lipinski definition) is 1. The van der Waals surface area contributed by atoms with Crippen LogP contribution in [-0.4, -0.2) is 36.1 Å². The van der Waals surface area contributed by atoms with Gasteiger partial charge >= 0.3 is 0 Å². The molecule has 4 nitrogen and oxygen atoms in total. The summed E-state index contributed by atoms with van der Waals surface area (Å²) in [5, 5.41) is 8.08. The van der Waals surface area contributed by atoms with Crippen LogP contribution in [0, 0.1) is 0 Å². The Balaban J connectivity index is 2.44. The summed E-state index contributed by atoms with van der Waals surface area (Å²) in [6, 6.07) is 3.12. The van der Waals surface area contributed by atoms with Crippen molar-refractivity contribution < 1.29 is 4.74 Å². The van der Waals surface area contributed by atoms with Gasteiger partial charge in [-0.2, -0.15) is 5.10 Å². The summed E-state index contributed by atoms with van der Waals surface area (Å²) in [5.74, 6) is 0. The molecule has 1 N–H and O–H groups in total. The van der Waals surface area contributed by atoms with Crippen molar-refractivity contribution in [1.29, 1.82) is 0 Å². The minimum Gasteiger partial charge on any atom is -0.381 e. The maximum atomic E-state index is 5.57. The van der Waals surface area contributed by atoms with Gasteiger partial charge < -0.3 is 10.1 Å². The van der Waals surface area contributed by atoms with E-state index in [4.69, 9.17) is 9.84 Å². The minimum absolute atomic E-state index is 0.442. The molecule has 1 aromatic rings.